The molecule has 5 nitrogen and oxygen atoms in total. The Labute approximate surface area is 93.0 Å². The average Bonchev–Trinajstić information content (AvgIpc) is 2.69. The number of thiazole rings is 1. The maximum atomic E-state index is 8.54. The van der Waals surface area contributed by atoms with Crippen molar-refractivity contribution in [3.8, 4) is 0 Å². The standard InChI is InChI=1S/C9H16N4OS/c1-6(7(10)13-14)12-9(2,3)8-11-4-5-15-8/h4-6,12,14H,1-3H3,(H2,10,13). The molecule has 1 atom stereocenters. The highest BCUT2D eigenvalue weighted by atomic mass is 32.1. The van der Waals surface area contributed by atoms with Crippen molar-refractivity contribution in [1.29, 1.82) is 0 Å². The van der Waals surface area contributed by atoms with Gasteiger partial charge in [0.1, 0.15) is 5.01 Å². The zero-order chi connectivity index (χ0) is 11.5. The molecule has 0 aliphatic rings. The molecule has 1 unspecified atom stereocenters. The maximum Gasteiger partial charge on any atom is 0.156 e. The van der Waals surface area contributed by atoms with Crippen LogP contribution in [0, 0.1) is 0 Å². The first kappa shape index (κ1) is 11.9. The lowest BCUT2D eigenvalue weighted by Crippen LogP contribution is -2.48. The molecule has 1 rings (SSSR count). The van der Waals surface area contributed by atoms with Crippen LogP contribution in [0.2, 0.25) is 0 Å². The van der Waals surface area contributed by atoms with Crippen molar-refractivity contribution < 1.29 is 5.21 Å². The van der Waals surface area contributed by atoms with Gasteiger partial charge in [-0.25, -0.2) is 4.98 Å². The summed E-state index contributed by atoms with van der Waals surface area (Å²) in [5.41, 5.74) is 5.21. The summed E-state index contributed by atoms with van der Waals surface area (Å²) in [6, 6.07) is -0.200. The predicted octanol–water partition coefficient (Wildman–Crippen LogP) is 1.10. The van der Waals surface area contributed by atoms with Crippen LogP contribution in [0.15, 0.2) is 16.7 Å². The molecule has 0 spiro atoms. The fraction of sp³-hybridized carbons (Fsp3) is 0.556. The predicted molar refractivity (Wildman–Crippen MR) is 61.1 cm³/mol. The van der Waals surface area contributed by atoms with Gasteiger partial charge in [-0.15, -0.1) is 11.3 Å². The fourth-order valence-corrected chi connectivity index (χ4v) is 2.02. The minimum Gasteiger partial charge on any atom is -0.409 e. The molecule has 0 fully saturated rings. The highest BCUT2D eigenvalue weighted by molar-refractivity contribution is 7.09. The molecule has 0 saturated heterocycles. The van der Waals surface area contributed by atoms with E-state index in [2.05, 4.69) is 15.5 Å². The van der Waals surface area contributed by atoms with Crippen LogP contribution in [0.5, 0.6) is 0 Å². The van der Waals surface area contributed by atoms with Crippen LogP contribution in [0.4, 0.5) is 0 Å². The van der Waals surface area contributed by atoms with Crippen LogP contribution >= 0.6 is 11.3 Å². The first-order valence-electron chi connectivity index (χ1n) is 4.62. The lowest BCUT2D eigenvalue weighted by atomic mass is 10.1. The van der Waals surface area contributed by atoms with E-state index in [0.717, 1.165) is 5.01 Å². The number of nitrogens with two attached hydrogens (primary N) is 1. The molecular formula is C9H16N4OS. The van der Waals surface area contributed by atoms with E-state index in [1.54, 1.807) is 17.5 Å². The second-order valence-corrected chi connectivity index (χ2v) is 4.75. The topological polar surface area (TPSA) is 83.5 Å². The first-order chi connectivity index (χ1) is 6.97. The zero-order valence-electron chi connectivity index (χ0n) is 9.06. The second-order valence-electron chi connectivity index (χ2n) is 3.85. The van der Waals surface area contributed by atoms with E-state index in [0.29, 0.717) is 0 Å². The molecule has 4 N–H and O–H groups in total. The maximum absolute atomic E-state index is 8.54. The SMILES string of the molecule is CC(NC(C)(C)c1nccs1)/C(N)=N/O. The van der Waals surface area contributed by atoms with Gasteiger partial charge in [0, 0.05) is 11.6 Å². The minimum absolute atomic E-state index is 0.166. The Morgan fingerprint density at radius 3 is 2.87 bits per heavy atom. The Balaban J connectivity index is 2.73. The van der Waals surface area contributed by atoms with Gasteiger partial charge in [0.05, 0.1) is 11.6 Å². The van der Waals surface area contributed by atoms with Gasteiger partial charge in [0.15, 0.2) is 5.84 Å². The van der Waals surface area contributed by atoms with Crippen molar-refractivity contribution in [2.75, 3.05) is 0 Å². The van der Waals surface area contributed by atoms with Crippen molar-refractivity contribution in [2.45, 2.75) is 32.4 Å². The molecule has 1 aromatic heterocycles. The van der Waals surface area contributed by atoms with E-state index < -0.39 is 0 Å². The van der Waals surface area contributed by atoms with Crippen LogP contribution in [0.3, 0.4) is 0 Å². The Morgan fingerprint density at radius 1 is 1.73 bits per heavy atom. The summed E-state index contributed by atoms with van der Waals surface area (Å²) in [4.78, 5) is 4.24. The number of nitrogens with zero attached hydrogens (tertiary/aromatic N) is 2. The number of oxime groups is 1. The van der Waals surface area contributed by atoms with Crippen molar-refractivity contribution >= 4 is 17.2 Å². The number of nitrogens with one attached hydrogen (secondary N) is 1. The van der Waals surface area contributed by atoms with Crippen LogP contribution in [-0.4, -0.2) is 22.1 Å². The van der Waals surface area contributed by atoms with Crippen molar-refractivity contribution in [2.24, 2.45) is 10.9 Å². The fourth-order valence-electron chi connectivity index (χ4n) is 1.30. The van der Waals surface area contributed by atoms with E-state index in [1.807, 2.05) is 26.2 Å². The molecule has 1 heterocycles. The Morgan fingerprint density at radius 2 is 2.40 bits per heavy atom. The summed E-state index contributed by atoms with van der Waals surface area (Å²) in [6.07, 6.45) is 1.76. The van der Waals surface area contributed by atoms with E-state index in [4.69, 9.17) is 10.9 Å². The van der Waals surface area contributed by atoms with E-state index in [-0.39, 0.29) is 17.4 Å². The Bertz CT molecular complexity index is 334. The molecule has 84 valence electrons. The van der Waals surface area contributed by atoms with Gasteiger partial charge in [0.2, 0.25) is 0 Å². The molecule has 0 bridgehead atoms. The number of rotatable bonds is 4. The second kappa shape index (κ2) is 4.59. The lowest BCUT2D eigenvalue weighted by Gasteiger charge is -2.27. The number of aromatic nitrogens is 1. The summed E-state index contributed by atoms with van der Waals surface area (Å²) in [5.74, 6) is 0.166. The van der Waals surface area contributed by atoms with Crippen molar-refractivity contribution in [1.82, 2.24) is 10.3 Å². The zero-order valence-corrected chi connectivity index (χ0v) is 9.88. The largest absolute Gasteiger partial charge is 0.409 e. The molecule has 6 heteroatoms. The van der Waals surface area contributed by atoms with Crippen LogP contribution < -0.4 is 11.1 Å². The van der Waals surface area contributed by atoms with Gasteiger partial charge >= 0.3 is 0 Å². The van der Waals surface area contributed by atoms with Crippen LogP contribution in [0.25, 0.3) is 0 Å². The van der Waals surface area contributed by atoms with Crippen molar-refractivity contribution in [3.63, 3.8) is 0 Å². The molecule has 15 heavy (non-hydrogen) atoms. The van der Waals surface area contributed by atoms with Crippen molar-refractivity contribution in [3.05, 3.63) is 16.6 Å². The van der Waals surface area contributed by atoms with E-state index >= 15 is 0 Å². The van der Waals surface area contributed by atoms with E-state index in [1.165, 1.54) is 0 Å². The molecule has 0 aliphatic carbocycles. The number of hydrogen-bond acceptors (Lipinski definition) is 5. The van der Waals surface area contributed by atoms with Gasteiger partial charge in [0.25, 0.3) is 0 Å². The molecular weight excluding hydrogens is 212 g/mol. The lowest BCUT2D eigenvalue weighted by molar-refractivity contribution is 0.310. The first-order valence-corrected chi connectivity index (χ1v) is 5.50. The normalized spacial score (nSPS) is 15.3. The number of hydrogen-bond donors (Lipinski definition) is 3. The highest BCUT2D eigenvalue weighted by Crippen LogP contribution is 2.22. The van der Waals surface area contributed by atoms with Gasteiger partial charge in [-0.05, 0) is 20.8 Å². The monoisotopic (exact) mass is 228 g/mol. The molecule has 1 aromatic rings. The van der Waals surface area contributed by atoms with Gasteiger partial charge in [-0.3, -0.25) is 5.32 Å². The van der Waals surface area contributed by atoms with Gasteiger partial charge < -0.3 is 10.9 Å². The third-order valence-electron chi connectivity index (χ3n) is 2.10. The summed E-state index contributed by atoms with van der Waals surface area (Å²) >= 11 is 1.57. The molecule has 0 amide bonds. The van der Waals surface area contributed by atoms with Crippen LogP contribution in [0.1, 0.15) is 25.8 Å². The molecule has 0 saturated carbocycles. The molecule has 0 radical (unpaired) electrons. The third kappa shape index (κ3) is 2.90. The number of amidine groups is 1. The van der Waals surface area contributed by atoms with Gasteiger partial charge in [-0.1, -0.05) is 5.16 Å². The smallest absolute Gasteiger partial charge is 0.156 e. The third-order valence-corrected chi connectivity index (χ3v) is 3.20. The van der Waals surface area contributed by atoms with E-state index in [9.17, 15) is 0 Å². The van der Waals surface area contributed by atoms with Crippen LogP contribution in [-0.2, 0) is 5.54 Å². The summed E-state index contributed by atoms with van der Waals surface area (Å²) < 4.78 is 0. The molecule has 0 aliphatic heterocycles. The minimum atomic E-state index is -0.289. The quantitative estimate of drug-likeness (QED) is 0.312. The highest BCUT2D eigenvalue weighted by Gasteiger charge is 2.26. The summed E-state index contributed by atoms with van der Waals surface area (Å²) in [5, 5.41) is 17.6. The molecule has 0 aromatic carbocycles. The Hall–Kier alpha value is -1.14. The van der Waals surface area contributed by atoms with Gasteiger partial charge in [-0.2, -0.15) is 0 Å². The average molecular weight is 228 g/mol. The Kier molecular flexibility index (Phi) is 3.65. The summed E-state index contributed by atoms with van der Waals surface area (Å²) in [6.45, 7) is 5.85. The summed E-state index contributed by atoms with van der Waals surface area (Å²) in [7, 11) is 0.